The fourth-order valence-electron chi connectivity index (χ4n) is 2.58. The van der Waals surface area contributed by atoms with E-state index in [4.69, 9.17) is 27.9 Å². The molecule has 116 valence electrons. The summed E-state index contributed by atoms with van der Waals surface area (Å²) in [7, 11) is 0. The highest BCUT2D eigenvalue weighted by atomic mass is 35.5. The SMILES string of the molecule is CC1CCN(CCOc2ccc(Cl)cc2Cl)C(C(=O)O)C1. The van der Waals surface area contributed by atoms with Gasteiger partial charge in [0.1, 0.15) is 18.4 Å². The number of hydrogen-bond donors (Lipinski definition) is 1. The van der Waals surface area contributed by atoms with Gasteiger partial charge in [-0.25, -0.2) is 0 Å². The Balaban J connectivity index is 1.88. The van der Waals surface area contributed by atoms with Gasteiger partial charge in [0.15, 0.2) is 0 Å². The molecule has 0 spiro atoms. The fraction of sp³-hybridized carbons (Fsp3) is 0.533. The number of hydrogen-bond acceptors (Lipinski definition) is 3. The van der Waals surface area contributed by atoms with Crippen molar-refractivity contribution in [2.24, 2.45) is 5.92 Å². The maximum absolute atomic E-state index is 11.3. The molecule has 0 aliphatic carbocycles. The highest BCUT2D eigenvalue weighted by Gasteiger charge is 2.31. The predicted octanol–water partition coefficient (Wildman–Crippen LogP) is 3.56. The Morgan fingerprint density at radius 1 is 1.48 bits per heavy atom. The molecule has 0 aromatic heterocycles. The van der Waals surface area contributed by atoms with E-state index < -0.39 is 12.0 Å². The van der Waals surface area contributed by atoms with Crippen molar-refractivity contribution in [3.8, 4) is 5.75 Å². The maximum atomic E-state index is 11.3. The van der Waals surface area contributed by atoms with Crippen molar-refractivity contribution in [3.63, 3.8) is 0 Å². The van der Waals surface area contributed by atoms with Crippen LogP contribution in [0.25, 0.3) is 0 Å². The van der Waals surface area contributed by atoms with E-state index in [1.807, 2.05) is 4.90 Å². The molecule has 2 atom stereocenters. The lowest BCUT2D eigenvalue weighted by Gasteiger charge is -2.35. The number of ether oxygens (including phenoxy) is 1. The Kier molecular flexibility index (Phi) is 5.73. The van der Waals surface area contributed by atoms with E-state index in [1.54, 1.807) is 18.2 Å². The molecule has 0 saturated carbocycles. The van der Waals surface area contributed by atoms with E-state index >= 15 is 0 Å². The summed E-state index contributed by atoms with van der Waals surface area (Å²) < 4.78 is 5.62. The molecule has 1 N–H and O–H groups in total. The first kappa shape index (κ1) is 16.4. The van der Waals surface area contributed by atoms with Crippen molar-refractivity contribution in [2.45, 2.75) is 25.8 Å². The van der Waals surface area contributed by atoms with Gasteiger partial charge in [0.2, 0.25) is 0 Å². The summed E-state index contributed by atoms with van der Waals surface area (Å²) in [5.74, 6) is 0.262. The summed E-state index contributed by atoms with van der Waals surface area (Å²) in [5, 5.41) is 10.3. The number of nitrogens with zero attached hydrogens (tertiary/aromatic N) is 1. The Morgan fingerprint density at radius 2 is 2.24 bits per heavy atom. The molecule has 0 radical (unpaired) electrons. The van der Waals surface area contributed by atoms with Crippen LogP contribution in [0.15, 0.2) is 18.2 Å². The largest absolute Gasteiger partial charge is 0.491 e. The molecule has 1 aliphatic heterocycles. The summed E-state index contributed by atoms with van der Waals surface area (Å²) in [6.07, 6.45) is 1.71. The summed E-state index contributed by atoms with van der Waals surface area (Å²) in [6.45, 7) is 3.86. The number of carbonyl (C=O) groups is 1. The van der Waals surface area contributed by atoms with Gasteiger partial charge in [-0.2, -0.15) is 0 Å². The highest BCUT2D eigenvalue weighted by molar-refractivity contribution is 6.35. The molecule has 1 aliphatic rings. The van der Waals surface area contributed by atoms with E-state index in [0.29, 0.717) is 41.3 Å². The van der Waals surface area contributed by atoms with Gasteiger partial charge < -0.3 is 9.84 Å². The zero-order valence-electron chi connectivity index (χ0n) is 11.9. The standard InChI is InChI=1S/C15H19Cl2NO3/c1-10-4-5-18(13(8-10)15(19)20)6-7-21-14-3-2-11(16)9-12(14)17/h2-3,9-10,13H,4-8H2,1H3,(H,19,20). The predicted molar refractivity (Wildman–Crippen MR) is 83.4 cm³/mol. The van der Waals surface area contributed by atoms with E-state index in [9.17, 15) is 9.90 Å². The van der Waals surface area contributed by atoms with Crippen molar-refractivity contribution < 1.29 is 14.6 Å². The normalized spacial score (nSPS) is 23.0. The van der Waals surface area contributed by atoms with Crippen LogP contribution >= 0.6 is 23.2 Å². The zero-order valence-corrected chi connectivity index (χ0v) is 13.4. The van der Waals surface area contributed by atoms with Crippen LogP contribution in [-0.4, -0.2) is 41.7 Å². The molecule has 2 rings (SSSR count). The van der Waals surface area contributed by atoms with Gasteiger partial charge in [-0.15, -0.1) is 0 Å². The summed E-state index contributed by atoms with van der Waals surface area (Å²) in [6, 6.07) is 4.64. The first-order valence-electron chi connectivity index (χ1n) is 7.02. The Bertz CT molecular complexity index is 510. The zero-order chi connectivity index (χ0) is 15.4. The quantitative estimate of drug-likeness (QED) is 0.896. The van der Waals surface area contributed by atoms with Crippen molar-refractivity contribution in [1.29, 1.82) is 0 Å². The van der Waals surface area contributed by atoms with Gasteiger partial charge in [-0.1, -0.05) is 30.1 Å². The lowest BCUT2D eigenvalue weighted by atomic mass is 9.92. The third kappa shape index (κ3) is 4.50. The second-order valence-corrected chi connectivity index (χ2v) is 6.29. The van der Waals surface area contributed by atoms with Gasteiger partial charge >= 0.3 is 5.97 Å². The lowest BCUT2D eigenvalue weighted by Crippen LogP contribution is -2.48. The van der Waals surface area contributed by atoms with Gasteiger partial charge in [-0.05, 0) is 43.5 Å². The molecule has 1 aromatic rings. The average molecular weight is 332 g/mol. The monoisotopic (exact) mass is 331 g/mol. The van der Waals surface area contributed by atoms with Crippen LogP contribution in [0.2, 0.25) is 10.0 Å². The second kappa shape index (κ2) is 7.34. The fourth-order valence-corrected chi connectivity index (χ4v) is 3.04. The number of likely N-dealkylation sites (tertiary alicyclic amines) is 1. The Hall–Kier alpha value is -0.970. The summed E-state index contributed by atoms with van der Waals surface area (Å²) in [4.78, 5) is 13.3. The number of aliphatic carboxylic acids is 1. The molecule has 6 heteroatoms. The van der Waals surface area contributed by atoms with Crippen LogP contribution in [0, 0.1) is 5.92 Å². The van der Waals surface area contributed by atoms with E-state index in [0.717, 1.165) is 13.0 Å². The Morgan fingerprint density at radius 3 is 2.90 bits per heavy atom. The van der Waals surface area contributed by atoms with E-state index in [2.05, 4.69) is 6.92 Å². The number of halogens is 2. The summed E-state index contributed by atoms with van der Waals surface area (Å²) in [5.41, 5.74) is 0. The van der Waals surface area contributed by atoms with Crippen LogP contribution in [0.1, 0.15) is 19.8 Å². The number of carboxylic acids is 1. The van der Waals surface area contributed by atoms with Crippen molar-refractivity contribution in [1.82, 2.24) is 4.90 Å². The second-order valence-electron chi connectivity index (χ2n) is 5.44. The Labute approximate surface area is 134 Å². The van der Waals surface area contributed by atoms with Crippen LogP contribution in [0.3, 0.4) is 0 Å². The molecular weight excluding hydrogens is 313 g/mol. The summed E-state index contributed by atoms with van der Waals surface area (Å²) >= 11 is 11.9. The van der Waals surface area contributed by atoms with Gasteiger partial charge in [0.05, 0.1) is 5.02 Å². The van der Waals surface area contributed by atoms with Crippen molar-refractivity contribution in [3.05, 3.63) is 28.2 Å². The number of rotatable bonds is 5. The minimum Gasteiger partial charge on any atom is -0.491 e. The molecule has 1 heterocycles. The first-order valence-corrected chi connectivity index (χ1v) is 7.77. The van der Waals surface area contributed by atoms with E-state index in [-0.39, 0.29) is 0 Å². The highest BCUT2D eigenvalue weighted by Crippen LogP contribution is 2.28. The van der Waals surface area contributed by atoms with E-state index in [1.165, 1.54) is 0 Å². The minimum absolute atomic E-state index is 0.402. The van der Waals surface area contributed by atoms with Crippen molar-refractivity contribution in [2.75, 3.05) is 19.7 Å². The molecule has 1 saturated heterocycles. The molecule has 0 amide bonds. The van der Waals surface area contributed by atoms with Gasteiger partial charge in [0.25, 0.3) is 0 Å². The molecule has 21 heavy (non-hydrogen) atoms. The maximum Gasteiger partial charge on any atom is 0.320 e. The molecule has 4 nitrogen and oxygen atoms in total. The topological polar surface area (TPSA) is 49.8 Å². The van der Waals surface area contributed by atoms with Gasteiger partial charge in [-0.3, -0.25) is 9.69 Å². The third-order valence-corrected chi connectivity index (χ3v) is 4.32. The van der Waals surface area contributed by atoms with Crippen LogP contribution in [0.5, 0.6) is 5.75 Å². The van der Waals surface area contributed by atoms with Crippen LogP contribution < -0.4 is 4.74 Å². The van der Waals surface area contributed by atoms with Gasteiger partial charge in [0, 0.05) is 11.6 Å². The molecule has 0 bridgehead atoms. The third-order valence-electron chi connectivity index (χ3n) is 3.79. The molecule has 2 unspecified atom stereocenters. The molecule has 1 fully saturated rings. The van der Waals surface area contributed by atoms with Crippen LogP contribution in [-0.2, 0) is 4.79 Å². The van der Waals surface area contributed by atoms with Crippen molar-refractivity contribution >= 4 is 29.2 Å². The molecular formula is C15H19Cl2NO3. The smallest absolute Gasteiger partial charge is 0.320 e. The number of benzene rings is 1. The first-order chi connectivity index (χ1) is 9.97. The number of piperidine rings is 1. The number of carboxylic acid groups (broad SMARTS) is 1. The average Bonchev–Trinajstić information content (AvgIpc) is 2.42. The van der Waals surface area contributed by atoms with Crippen LogP contribution in [0.4, 0.5) is 0 Å². The lowest BCUT2D eigenvalue weighted by molar-refractivity contribution is -0.145. The molecule has 1 aromatic carbocycles. The minimum atomic E-state index is -0.758.